The normalized spacial score (nSPS) is 32.1. The fraction of sp³-hybridized carbons (Fsp3) is 0.421. The Kier molecular flexibility index (Phi) is 5.74. The van der Waals surface area contributed by atoms with E-state index in [9.17, 15) is 19.5 Å². The van der Waals surface area contributed by atoms with Gasteiger partial charge in [0.15, 0.2) is 0 Å². The molecule has 4 atom stereocenters. The molecule has 1 fully saturated rings. The monoisotopic (exact) mass is 346 g/mol. The van der Waals surface area contributed by atoms with Crippen LogP contribution in [-0.2, 0) is 23.9 Å². The second-order valence-electron chi connectivity index (χ2n) is 6.39. The number of fused-ring (bicyclic) bond motifs is 1. The fourth-order valence-electron chi connectivity index (χ4n) is 2.98. The standard InChI is InChI=1S/C19H22O6/c1-10(2)18(22)24-14-8-13(9-20)7-5-6-11(3)16(21)17-15(14)12(4)19(23)25-17/h8-9,14-17,21H,1,3-7H2,2H3/b13-8+/t14-,15-,16+,17+/m1/s1. The Morgan fingerprint density at radius 1 is 1.40 bits per heavy atom. The van der Waals surface area contributed by atoms with Crippen LogP contribution in [0.4, 0.5) is 0 Å². The van der Waals surface area contributed by atoms with Gasteiger partial charge in [-0.3, -0.25) is 4.79 Å². The summed E-state index contributed by atoms with van der Waals surface area (Å²) in [4.78, 5) is 35.4. The largest absolute Gasteiger partial charge is 0.455 e. The summed E-state index contributed by atoms with van der Waals surface area (Å²) in [6, 6.07) is 0. The molecule has 0 saturated carbocycles. The quantitative estimate of drug-likeness (QED) is 0.363. The van der Waals surface area contributed by atoms with Crippen molar-refractivity contribution in [2.24, 2.45) is 5.92 Å². The lowest BCUT2D eigenvalue weighted by atomic mass is 9.83. The van der Waals surface area contributed by atoms with E-state index in [-0.39, 0.29) is 11.1 Å². The molecule has 1 heterocycles. The number of aliphatic hydroxyl groups excluding tert-OH is 1. The van der Waals surface area contributed by atoms with E-state index >= 15 is 0 Å². The van der Waals surface area contributed by atoms with Crippen LogP contribution < -0.4 is 0 Å². The molecule has 0 unspecified atom stereocenters. The maximum Gasteiger partial charge on any atom is 0.334 e. The maximum atomic E-state index is 12.0. The Bertz CT molecular complexity index is 671. The zero-order valence-corrected chi connectivity index (χ0v) is 14.2. The molecule has 6 heteroatoms. The number of aldehydes is 1. The summed E-state index contributed by atoms with van der Waals surface area (Å²) < 4.78 is 10.7. The van der Waals surface area contributed by atoms with Crippen molar-refractivity contribution in [2.75, 3.05) is 0 Å². The van der Waals surface area contributed by atoms with E-state index in [4.69, 9.17) is 9.47 Å². The zero-order valence-electron chi connectivity index (χ0n) is 14.2. The van der Waals surface area contributed by atoms with Crippen LogP contribution in [0.5, 0.6) is 0 Å². The lowest BCUT2D eigenvalue weighted by Crippen LogP contribution is -2.40. The van der Waals surface area contributed by atoms with Crippen molar-refractivity contribution in [3.05, 3.63) is 48.1 Å². The van der Waals surface area contributed by atoms with E-state index in [1.54, 1.807) is 0 Å². The Morgan fingerprint density at radius 3 is 2.68 bits per heavy atom. The third-order valence-electron chi connectivity index (χ3n) is 4.43. The SMILES string of the molecule is C=C(C)C(=O)O[C@@H]1/C=C(/C=O)CCCC(=C)[C@H](O)[C@H]2OC(=O)C(=C)[C@@H]21. The minimum Gasteiger partial charge on any atom is -0.455 e. The number of carbonyl (C=O) groups excluding carboxylic acids is 3. The van der Waals surface area contributed by atoms with Gasteiger partial charge in [-0.15, -0.1) is 0 Å². The first kappa shape index (κ1) is 18.9. The van der Waals surface area contributed by atoms with Crippen LogP contribution in [0.25, 0.3) is 0 Å². The van der Waals surface area contributed by atoms with Gasteiger partial charge in [-0.25, -0.2) is 9.59 Å². The average Bonchev–Trinajstić information content (AvgIpc) is 2.86. The number of rotatable bonds is 3. The van der Waals surface area contributed by atoms with Gasteiger partial charge >= 0.3 is 11.9 Å². The number of aliphatic hydroxyl groups is 1. The number of carbonyl (C=O) groups is 3. The lowest BCUT2D eigenvalue weighted by Gasteiger charge is -2.30. The number of ether oxygens (including phenoxy) is 2. The number of hydrogen-bond donors (Lipinski definition) is 1. The van der Waals surface area contributed by atoms with Gasteiger partial charge in [0.2, 0.25) is 0 Å². The van der Waals surface area contributed by atoms with E-state index in [0.717, 1.165) is 0 Å². The topological polar surface area (TPSA) is 89.9 Å². The first-order valence-electron chi connectivity index (χ1n) is 8.04. The molecule has 2 rings (SSSR count). The predicted molar refractivity (Wildman–Crippen MR) is 90.3 cm³/mol. The second-order valence-corrected chi connectivity index (χ2v) is 6.39. The van der Waals surface area contributed by atoms with Crippen molar-refractivity contribution >= 4 is 18.2 Å². The molecule has 0 radical (unpaired) electrons. The molecule has 1 saturated heterocycles. The molecule has 1 N–H and O–H groups in total. The van der Waals surface area contributed by atoms with Gasteiger partial charge in [-0.2, -0.15) is 0 Å². The van der Waals surface area contributed by atoms with Gasteiger partial charge < -0.3 is 14.6 Å². The third-order valence-corrected chi connectivity index (χ3v) is 4.43. The second kappa shape index (κ2) is 7.61. The van der Waals surface area contributed by atoms with Gasteiger partial charge in [0.25, 0.3) is 0 Å². The minimum absolute atomic E-state index is 0.0819. The van der Waals surface area contributed by atoms with Crippen molar-refractivity contribution < 1.29 is 29.0 Å². The van der Waals surface area contributed by atoms with Crippen LogP contribution in [0.2, 0.25) is 0 Å². The molecule has 0 spiro atoms. The minimum atomic E-state index is -1.11. The summed E-state index contributed by atoms with van der Waals surface area (Å²) in [5.74, 6) is -2.14. The van der Waals surface area contributed by atoms with Gasteiger partial charge in [-0.05, 0) is 43.4 Å². The zero-order chi connectivity index (χ0) is 18.7. The Hall–Kier alpha value is -2.47. The third kappa shape index (κ3) is 3.96. The molecule has 0 aromatic carbocycles. The summed E-state index contributed by atoms with van der Waals surface area (Å²) in [5.41, 5.74) is 1.19. The molecule has 1 aliphatic carbocycles. The molecule has 0 amide bonds. The van der Waals surface area contributed by atoms with Crippen molar-refractivity contribution in [1.29, 1.82) is 0 Å². The van der Waals surface area contributed by atoms with E-state index in [0.29, 0.717) is 36.7 Å². The Balaban J connectivity index is 2.50. The Morgan fingerprint density at radius 2 is 2.08 bits per heavy atom. The summed E-state index contributed by atoms with van der Waals surface area (Å²) >= 11 is 0. The summed E-state index contributed by atoms with van der Waals surface area (Å²) in [6.45, 7) is 12.6. The predicted octanol–water partition coefficient (Wildman–Crippen LogP) is 1.80. The molecular weight excluding hydrogens is 324 g/mol. The van der Waals surface area contributed by atoms with Crippen molar-refractivity contribution in [2.45, 2.75) is 44.5 Å². The highest BCUT2D eigenvalue weighted by atomic mass is 16.6. The van der Waals surface area contributed by atoms with Gasteiger partial charge in [0.05, 0.1) is 5.92 Å². The smallest absolute Gasteiger partial charge is 0.334 e. The lowest BCUT2D eigenvalue weighted by molar-refractivity contribution is -0.148. The molecule has 134 valence electrons. The van der Waals surface area contributed by atoms with Crippen LogP contribution in [0.3, 0.4) is 0 Å². The van der Waals surface area contributed by atoms with Crippen LogP contribution in [0.1, 0.15) is 26.2 Å². The summed E-state index contributed by atoms with van der Waals surface area (Å²) in [7, 11) is 0. The van der Waals surface area contributed by atoms with Gasteiger partial charge in [0, 0.05) is 11.1 Å². The van der Waals surface area contributed by atoms with Crippen molar-refractivity contribution in [3.63, 3.8) is 0 Å². The fourth-order valence-corrected chi connectivity index (χ4v) is 2.98. The highest BCUT2D eigenvalue weighted by Crippen LogP contribution is 2.37. The molecule has 2 aliphatic rings. The van der Waals surface area contributed by atoms with E-state index in [1.165, 1.54) is 13.0 Å². The molecule has 25 heavy (non-hydrogen) atoms. The van der Waals surface area contributed by atoms with Crippen molar-refractivity contribution in [3.8, 4) is 0 Å². The molecule has 6 nitrogen and oxygen atoms in total. The van der Waals surface area contributed by atoms with E-state index in [2.05, 4.69) is 19.7 Å². The van der Waals surface area contributed by atoms with Crippen LogP contribution >= 0.6 is 0 Å². The number of esters is 2. The molecular formula is C19H22O6. The van der Waals surface area contributed by atoms with Gasteiger partial charge in [-0.1, -0.05) is 19.7 Å². The van der Waals surface area contributed by atoms with E-state index in [1.807, 2.05) is 0 Å². The number of hydrogen-bond acceptors (Lipinski definition) is 6. The number of allylic oxidation sites excluding steroid dienone is 1. The molecule has 0 aromatic rings. The van der Waals surface area contributed by atoms with Gasteiger partial charge in [0.1, 0.15) is 24.6 Å². The highest BCUT2D eigenvalue weighted by molar-refractivity contribution is 5.92. The van der Waals surface area contributed by atoms with Crippen LogP contribution in [-0.4, -0.2) is 41.6 Å². The average molecular weight is 346 g/mol. The van der Waals surface area contributed by atoms with Crippen molar-refractivity contribution in [1.82, 2.24) is 0 Å². The summed E-state index contributed by atoms with van der Waals surface area (Å²) in [6.07, 6.45) is 0.646. The van der Waals surface area contributed by atoms with Crippen LogP contribution in [0, 0.1) is 5.92 Å². The Labute approximate surface area is 146 Å². The first-order chi connectivity index (χ1) is 11.8. The maximum absolute atomic E-state index is 12.0. The highest BCUT2D eigenvalue weighted by Gasteiger charge is 2.48. The van der Waals surface area contributed by atoms with E-state index < -0.39 is 36.2 Å². The molecule has 0 bridgehead atoms. The molecule has 1 aliphatic heterocycles. The first-order valence-corrected chi connectivity index (χ1v) is 8.04. The van der Waals surface area contributed by atoms with Crippen LogP contribution in [0.15, 0.2) is 48.1 Å². The summed E-state index contributed by atoms with van der Waals surface area (Å²) in [5, 5.41) is 10.5. The molecule has 0 aromatic heterocycles.